The second-order valence-corrected chi connectivity index (χ2v) is 6.44. The number of aromatic nitrogens is 2. The first-order valence-electron chi connectivity index (χ1n) is 6.94. The van der Waals surface area contributed by atoms with Crippen LogP contribution >= 0.6 is 0 Å². The zero-order valence-electron chi connectivity index (χ0n) is 12.1. The average Bonchev–Trinajstić information content (AvgIpc) is 2.80. The molecule has 0 radical (unpaired) electrons. The van der Waals surface area contributed by atoms with E-state index in [9.17, 15) is 4.79 Å². The van der Waals surface area contributed by atoms with Crippen LogP contribution in [0, 0.1) is 0 Å². The largest absolute Gasteiger partial charge is 0.359 e. The Kier molecular flexibility index (Phi) is 3.67. The smallest absolute Gasteiger partial charge is 0.293 e. The van der Waals surface area contributed by atoms with Gasteiger partial charge in [0.1, 0.15) is 0 Å². The lowest BCUT2D eigenvalue weighted by atomic mass is 9.98. The van der Waals surface area contributed by atoms with Crippen LogP contribution in [0.4, 0.5) is 5.82 Å². The Morgan fingerprint density at radius 1 is 1.42 bits per heavy atom. The highest BCUT2D eigenvalue weighted by atomic mass is 16.1. The van der Waals surface area contributed by atoms with Crippen LogP contribution in [0.1, 0.15) is 46.5 Å². The zero-order chi connectivity index (χ0) is 14.1. The first-order valence-corrected chi connectivity index (χ1v) is 6.94. The van der Waals surface area contributed by atoms with Crippen molar-refractivity contribution in [2.45, 2.75) is 57.5 Å². The number of hydrogen-bond donors (Lipinski definition) is 2. The van der Waals surface area contributed by atoms with E-state index in [4.69, 9.17) is 5.73 Å². The fraction of sp³-hybridized carbons (Fsp3) is 0.714. The third-order valence-electron chi connectivity index (χ3n) is 3.90. The third kappa shape index (κ3) is 2.81. The lowest BCUT2D eigenvalue weighted by molar-refractivity contribution is 0.381. The van der Waals surface area contributed by atoms with E-state index in [0.717, 1.165) is 25.7 Å². The summed E-state index contributed by atoms with van der Waals surface area (Å²) in [6.45, 7) is 6.56. The molecule has 106 valence electrons. The topological polar surface area (TPSA) is 72.9 Å². The summed E-state index contributed by atoms with van der Waals surface area (Å²) < 4.78 is 1.71. The summed E-state index contributed by atoms with van der Waals surface area (Å²) in [5.41, 5.74) is 5.42. The number of rotatable bonds is 3. The Bertz CT molecular complexity index is 495. The molecule has 1 saturated carbocycles. The van der Waals surface area contributed by atoms with Crippen LogP contribution in [0.3, 0.4) is 0 Å². The molecule has 5 nitrogen and oxygen atoms in total. The molecule has 5 heteroatoms. The van der Waals surface area contributed by atoms with Crippen molar-refractivity contribution in [1.29, 1.82) is 0 Å². The molecule has 0 aromatic carbocycles. The Balaban J connectivity index is 2.34. The molecule has 1 aliphatic carbocycles. The van der Waals surface area contributed by atoms with Gasteiger partial charge in [0.2, 0.25) is 0 Å². The number of nitrogens with one attached hydrogen (secondary N) is 1. The minimum Gasteiger partial charge on any atom is -0.359 e. The van der Waals surface area contributed by atoms with Crippen LogP contribution in [0.5, 0.6) is 0 Å². The van der Waals surface area contributed by atoms with E-state index in [1.54, 1.807) is 17.0 Å². The van der Waals surface area contributed by atoms with Crippen LogP contribution < -0.4 is 16.6 Å². The highest BCUT2D eigenvalue weighted by molar-refractivity contribution is 5.36. The molecule has 3 N–H and O–H groups in total. The molecule has 0 aliphatic heterocycles. The van der Waals surface area contributed by atoms with Crippen molar-refractivity contribution in [3.63, 3.8) is 0 Å². The molecule has 0 amide bonds. The van der Waals surface area contributed by atoms with Gasteiger partial charge in [-0.15, -0.1) is 0 Å². The van der Waals surface area contributed by atoms with Crippen molar-refractivity contribution >= 4 is 5.82 Å². The van der Waals surface area contributed by atoms with E-state index in [1.165, 1.54) is 0 Å². The van der Waals surface area contributed by atoms with Gasteiger partial charge in [0, 0.05) is 24.5 Å². The van der Waals surface area contributed by atoms with Gasteiger partial charge in [-0.25, -0.2) is 4.98 Å². The lowest BCUT2D eigenvalue weighted by Gasteiger charge is -2.30. The molecule has 1 heterocycles. The Labute approximate surface area is 114 Å². The van der Waals surface area contributed by atoms with Gasteiger partial charge >= 0.3 is 0 Å². The fourth-order valence-electron chi connectivity index (χ4n) is 2.71. The number of nitrogens with two attached hydrogens (primary N) is 1. The lowest BCUT2D eigenvalue weighted by Crippen LogP contribution is -2.46. The van der Waals surface area contributed by atoms with E-state index < -0.39 is 0 Å². The molecule has 1 aliphatic rings. The molecule has 0 unspecified atom stereocenters. The average molecular weight is 264 g/mol. The van der Waals surface area contributed by atoms with Crippen LogP contribution in [0.25, 0.3) is 0 Å². The second-order valence-electron chi connectivity index (χ2n) is 6.44. The maximum Gasteiger partial charge on any atom is 0.293 e. The maximum absolute atomic E-state index is 12.5. The van der Waals surface area contributed by atoms with Crippen LogP contribution in [-0.4, -0.2) is 21.6 Å². The molecule has 1 fully saturated rings. The summed E-state index contributed by atoms with van der Waals surface area (Å²) in [5.74, 6) is 0.421. The molecule has 0 atom stereocenters. The summed E-state index contributed by atoms with van der Waals surface area (Å²) in [6, 6.07) is 0. The van der Waals surface area contributed by atoms with E-state index in [1.807, 2.05) is 20.8 Å². The fourth-order valence-corrected chi connectivity index (χ4v) is 2.71. The highest BCUT2D eigenvalue weighted by Crippen LogP contribution is 2.31. The quantitative estimate of drug-likeness (QED) is 0.871. The first-order chi connectivity index (χ1) is 8.88. The van der Waals surface area contributed by atoms with Crippen molar-refractivity contribution in [2.24, 2.45) is 5.73 Å². The van der Waals surface area contributed by atoms with Gasteiger partial charge in [0.15, 0.2) is 5.82 Å². The van der Waals surface area contributed by atoms with Gasteiger partial charge in [-0.05, 0) is 33.6 Å². The molecule has 0 bridgehead atoms. The Morgan fingerprint density at radius 2 is 2.05 bits per heavy atom. The highest BCUT2D eigenvalue weighted by Gasteiger charge is 2.33. The molecule has 0 spiro atoms. The summed E-state index contributed by atoms with van der Waals surface area (Å²) in [7, 11) is 0. The van der Waals surface area contributed by atoms with Crippen LogP contribution in [0.2, 0.25) is 0 Å². The number of hydrogen-bond acceptors (Lipinski definition) is 4. The summed E-state index contributed by atoms with van der Waals surface area (Å²) >= 11 is 0. The predicted molar refractivity (Wildman–Crippen MR) is 77.4 cm³/mol. The van der Waals surface area contributed by atoms with Gasteiger partial charge in [0.05, 0.1) is 5.54 Å². The number of nitrogens with zero attached hydrogens (tertiary/aromatic N) is 2. The standard InChI is InChI=1S/C14H24N4O/c1-13(2,3)18-9-8-16-11(12(18)19)17-14(10-15)6-4-5-7-14/h8-9H,4-7,10,15H2,1-3H3,(H,16,17). The van der Waals surface area contributed by atoms with E-state index in [-0.39, 0.29) is 16.6 Å². The Hall–Kier alpha value is -1.36. The van der Waals surface area contributed by atoms with E-state index in [2.05, 4.69) is 10.3 Å². The Morgan fingerprint density at radius 3 is 2.58 bits per heavy atom. The molecule has 19 heavy (non-hydrogen) atoms. The summed E-state index contributed by atoms with van der Waals surface area (Å²) in [6.07, 6.45) is 7.74. The normalized spacial score (nSPS) is 18.5. The second kappa shape index (κ2) is 4.96. The minimum absolute atomic E-state index is 0.0743. The molecular weight excluding hydrogens is 240 g/mol. The van der Waals surface area contributed by atoms with Crippen molar-refractivity contribution in [3.05, 3.63) is 22.7 Å². The third-order valence-corrected chi connectivity index (χ3v) is 3.90. The van der Waals surface area contributed by atoms with E-state index >= 15 is 0 Å². The first kappa shape index (κ1) is 14.1. The SMILES string of the molecule is CC(C)(C)n1ccnc(NC2(CN)CCCC2)c1=O. The van der Waals surface area contributed by atoms with Gasteiger partial charge in [-0.2, -0.15) is 0 Å². The molecule has 1 aromatic heterocycles. The maximum atomic E-state index is 12.5. The minimum atomic E-state index is -0.248. The van der Waals surface area contributed by atoms with Gasteiger partial charge in [-0.1, -0.05) is 12.8 Å². The molecular formula is C14H24N4O. The van der Waals surface area contributed by atoms with Gasteiger partial charge in [0.25, 0.3) is 5.56 Å². The molecule has 2 rings (SSSR count). The van der Waals surface area contributed by atoms with Crippen molar-refractivity contribution in [1.82, 2.24) is 9.55 Å². The van der Waals surface area contributed by atoms with Crippen molar-refractivity contribution < 1.29 is 0 Å². The summed E-state index contributed by atoms with van der Waals surface area (Å²) in [5, 5.41) is 3.32. The van der Waals surface area contributed by atoms with E-state index in [0.29, 0.717) is 12.4 Å². The van der Waals surface area contributed by atoms with Gasteiger partial charge in [-0.3, -0.25) is 4.79 Å². The molecule has 1 aromatic rings. The van der Waals surface area contributed by atoms with Crippen molar-refractivity contribution in [3.8, 4) is 0 Å². The van der Waals surface area contributed by atoms with Gasteiger partial charge < -0.3 is 15.6 Å². The van der Waals surface area contributed by atoms with Crippen LogP contribution in [0.15, 0.2) is 17.2 Å². The zero-order valence-corrected chi connectivity index (χ0v) is 12.1. The number of anilines is 1. The van der Waals surface area contributed by atoms with Crippen LogP contribution in [-0.2, 0) is 5.54 Å². The monoisotopic (exact) mass is 264 g/mol. The van der Waals surface area contributed by atoms with Crippen molar-refractivity contribution in [2.75, 3.05) is 11.9 Å². The summed E-state index contributed by atoms with van der Waals surface area (Å²) in [4.78, 5) is 16.7. The molecule has 0 saturated heterocycles. The predicted octanol–water partition coefficient (Wildman–Crippen LogP) is 1.68.